The first kappa shape index (κ1) is 18.4. The highest BCUT2D eigenvalue weighted by atomic mass is 19.1. The van der Waals surface area contributed by atoms with Crippen LogP contribution in [-0.2, 0) is 17.8 Å². The van der Waals surface area contributed by atoms with E-state index in [4.69, 9.17) is 0 Å². The topological polar surface area (TPSA) is 32.3 Å². The van der Waals surface area contributed by atoms with Crippen molar-refractivity contribution >= 4 is 11.6 Å². The van der Waals surface area contributed by atoms with Crippen molar-refractivity contribution in [2.24, 2.45) is 5.92 Å². The van der Waals surface area contributed by atoms with Crippen molar-refractivity contribution in [3.05, 3.63) is 65.2 Å². The molecule has 26 heavy (non-hydrogen) atoms. The normalized spacial score (nSPS) is 15.1. The van der Waals surface area contributed by atoms with Gasteiger partial charge in [0.05, 0.1) is 6.42 Å². The summed E-state index contributed by atoms with van der Waals surface area (Å²) in [6.45, 7) is 3.98. The maximum Gasteiger partial charge on any atom is 0.226 e. The van der Waals surface area contributed by atoms with Crippen LogP contribution < -0.4 is 5.32 Å². The Kier molecular flexibility index (Phi) is 5.86. The lowest BCUT2D eigenvalue weighted by Gasteiger charge is -2.30. The molecule has 3 rings (SSSR count). The maximum atomic E-state index is 13.6. The summed E-state index contributed by atoms with van der Waals surface area (Å²) in [6, 6.07) is 11.3. The van der Waals surface area contributed by atoms with Crippen LogP contribution in [0.2, 0.25) is 0 Å². The number of anilines is 1. The van der Waals surface area contributed by atoms with Gasteiger partial charge in [0.15, 0.2) is 0 Å². The number of rotatable bonds is 5. The molecular weight excluding hydrogens is 334 g/mol. The van der Waals surface area contributed by atoms with Gasteiger partial charge in [-0.15, -0.1) is 0 Å². The summed E-state index contributed by atoms with van der Waals surface area (Å²) < 4.78 is 27.3. The maximum absolute atomic E-state index is 13.6. The minimum Gasteiger partial charge on any atom is -0.381 e. The van der Waals surface area contributed by atoms with Crippen LogP contribution in [0.15, 0.2) is 42.5 Å². The molecule has 0 spiro atoms. The van der Waals surface area contributed by atoms with Gasteiger partial charge in [0.1, 0.15) is 11.6 Å². The second-order valence-corrected chi connectivity index (χ2v) is 6.99. The van der Waals surface area contributed by atoms with Gasteiger partial charge in [-0.2, -0.15) is 0 Å². The summed E-state index contributed by atoms with van der Waals surface area (Å²) in [5.74, 6) is -0.263. The minimum absolute atomic E-state index is 0.0195. The van der Waals surface area contributed by atoms with E-state index in [1.807, 2.05) is 29.2 Å². The van der Waals surface area contributed by atoms with Crippen LogP contribution in [0, 0.1) is 17.6 Å². The number of carbonyl (C=O) groups excluding carboxylic acids is 1. The Morgan fingerprint density at radius 2 is 1.69 bits per heavy atom. The molecule has 1 N–H and O–H groups in total. The number of piperidine rings is 1. The first-order chi connectivity index (χ1) is 12.5. The van der Waals surface area contributed by atoms with Crippen molar-refractivity contribution in [3.8, 4) is 0 Å². The molecule has 1 heterocycles. The minimum atomic E-state index is -0.560. The lowest BCUT2D eigenvalue weighted by Crippen LogP contribution is -2.38. The Labute approximate surface area is 153 Å². The van der Waals surface area contributed by atoms with Crippen LogP contribution >= 0.6 is 0 Å². The van der Waals surface area contributed by atoms with Gasteiger partial charge in [-0.25, -0.2) is 8.78 Å². The number of nitrogens with zero attached hydrogens (tertiary/aromatic N) is 1. The number of halogens is 2. The number of amides is 1. The van der Waals surface area contributed by atoms with E-state index >= 15 is 0 Å². The monoisotopic (exact) mass is 358 g/mol. The van der Waals surface area contributed by atoms with Crippen LogP contribution in [0.4, 0.5) is 14.5 Å². The number of carbonyl (C=O) groups is 1. The summed E-state index contributed by atoms with van der Waals surface area (Å²) in [5, 5.41) is 3.02. The molecule has 0 bridgehead atoms. The number of benzene rings is 2. The van der Waals surface area contributed by atoms with Gasteiger partial charge >= 0.3 is 0 Å². The van der Waals surface area contributed by atoms with Crippen LogP contribution in [0.1, 0.15) is 30.9 Å². The zero-order valence-electron chi connectivity index (χ0n) is 15.0. The lowest BCUT2D eigenvalue weighted by atomic mass is 9.98. The molecule has 1 aliphatic heterocycles. The van der Waals surface area contributed by atoms with Crippen molar-refractivity contribution in [1.82, 2.24) is 4.90 Å². The largest absolute Gasteiger partial charge is 0.381 e. The van der Waals surface area contributed by atoms with Crippen LogP contribution in [0.3, 0.4) is 0 Å². The van der Waals surface area contributed by atoms with Crippen LogP contribution in [-0.4, -0.2) is 23.9 Å². The van der Waals surface area contributed by atoms with Crippen molar-refractivity contribution < 1.29 is 13.6 Å². The summed E-state index contributed by atoms with van der Waals surface area (Å²) >= 11 is 0. The van der Waals surface area contributed by atoms with Gasteiger partial charge in [0.25, 0.3) is 0 Å². The van der Waals surface area contributed by atoms with E-state index < -0.39 is 11.6 Å². The molecule has 1 amide bonds. The molecule has 0 aliphatic carbocycles. The summed E-state index contributed by atoms with van der Waals surface area (Å²) in [4.78, 5) is 14.3. The second kappa shape index (κ2) is 8.30. The van der Waals surface area contributed by atoms with Gasteiger partial charge in [-0.1, -0.05) is 25.1 Å². The van der Waals surface area contributed by atoms with Gasteiger partial charge in [0, 0.05) is 30.9 Å². The van der Waals surface area contributed by atoms with E-state index in [2.05, 4.69) is 12.2 Å². The summed E-state index contributed by atoms with van der Waals surface area (Å²) in [5.41, 5.74) is 1.72. The van der Waals surface area contributed by atoms with E-state index in [1.54, 1.807) is 0 Å². The molecule has 2 aromatic rings. The molecule has 0 saturated carbocycles. The first-order valence-corrected chi connectivity index (χ1v) is 9.06. The molecule has 1 fully saturated rings. The second-order valence-electron chi connectivity index (χ2n) is 6.99. The van der Waals surface area contributed by atoms with Crippen molar-refractivity contribution in [1.29, 1.82) is 0 Å². The van der Waals surface area contributed by atoms with Gasteiger partial charge < -0.3 is 10.2 Å². The quantitative estimate of drug-likeness (QED) is 0.860. The Morgan fingerprint density at radius 1 is 1.08 bits per heavy atom. The van der Waals surface area contributed by atoms with Crippen LogP contribution in [0.25, 0.3) is 0 Å². The predicted molar refractivity (Wildman–Crippen MR) is 98.8 cm³/mol. The molecule has 0 aromatic heterocycles. The van der Waals surface area contributed by atoms with E-state index in [9.17, 15) is 13.6 Å². The highest BCUT2D eigenvalue weighted by molar-refractivity contribution is 5.79. The Hall–Kier alpha value is -2.43. The molecule has 1 saturated heterocycles. The smallest absolute Gasteiger partial charge is 0.226 e. The predicted octanol–water partition coefficient (Wildman–Crippen LogP) is 4.38. The van der Waals surface area contributed by atoms with Gasteiger partial charge in [-0.3, -0.25) is 4.79 Å². The van der Waals surface area contributed by atoms with E-state index in [-0.39, 0.29) is 18.0 Å². The lowest BCUT2D eigenvalue weighted by molar-refractivity contribution is -0.131. The summed E-state index contributed by atoms with van der Waals surface area (Å²) in [6.07, 6.45) is 2.53. The molecule has 0 atom stereocenters. The van der Waals surface area contributed by atoms with Gasteiger partial charge in [0.2, 0.25) is 5.91 Å². The summed E-state index contributed by atoms with van der Waals surface area (Å²) in [7, 11) is 0. The van der Waals surface area contributed by atoms with Gasteiger partial charge in [-0.05, 0) is 48.6 Å². The molecular formula is C21H24F2N2O. The zero-order valence-corrected chi connectivity index (χ0v) is 15.0. The fraction of sp³-hybridized carbons (Fsp3) is 0.381. The Bertz CT molecular complexity index is 733. The number of hydrogen-bond donors (Lipinski definition) is 1. The third-order valence-corrected chi connectivity index (χ3v) is 4.98. The first-order valence-electron chi connectivity index (χ1n) is 9.06. The zero-order chi connectivity index (χ0) is 18.5. The number of likely N-dealkylation sites (tertiary alicyclic amines) is 1. The molecule has 2 aromatic carbocycles. The molecule has 1 aliphatic rings. The van der Waals surface area contributed by atoms with Crippen molar-refractivity contribution in [2.45, 2.75) is 32.7 Å². The average molecular weight is 358 g/mol. The number of nitrogens with one attached hydrogen (secondary N) is 1. The SMILES string of the molecule is CC1CCN(C(=O)Cc2ccc(NCc3c(F)cccc3F)cc2)CC1. The van der Waals surface area contributed by atoms with Crippen molar-refractivity contribution in [2.75, 3.05) is 18.4 Å². The highest BCUT2D eigenvalue weighted by Crippen LogP contribution is 2.18. The molecule has 138 valence electrons. The highest BCUT2D eigenvalue weighted by Gasteiger charge is 2.20. The molecule has 5 heteroatoms. The average Bonchev–Trinajstić information content (AvgIpc) is 2.63. The fourth-order valence-corrected chi connectivity index (χ4v) is 3.18. The fourth-order valence-electron chi connectivity index (χ4n) is 3.18. The number of hydrogen-bond acceptors (Lipinski definition) is 2. The Morgan fingerprint density at radius 3 is 2.31 bits per heavy atom. The molecule has 3 nitrogen and oxygen atoms in total. The molecule has 0 unspecified atom stereocenters. The third kappa shape index (κ3) is 4.59. The molecule has 0 radical (unpaired) electrons. The Balaban J connectivity index is 1.54. The van der Waals surface area contributed by atoms with E-state index in [1.165, 1.54) is 18.2 Å². The standard InChI is InChI=1S/C21H24F2N2O/c1-15-9-11-25(12-10-15)21(26)13-16-5-7-17(8-6-16)24-14-18-19(22)3-2-4-20(18)23/h2-8,15,24H,9-14H2,1H3. The van der Waals surface area contributed by atoms with Crippen molar-refractivity contribution in [3.63, 3.8) is 0 Å². The van der Waals surface area contributed by atoms with E-state index in [0.29, 0.717) is 12.3 Å². The van der Waals surface area contributed by atoms with E-state index in [0.717, 1.165) is 37.2 Å². The van der Waals surface area contributed by atoms with Crippen LogP contribution in [0.5, 0.6) is 0 Å². The third-order valence-electron chi connectivity index (χ3n) is 4.98.